The van der Waals surface area contributed by atoms with Crippen LogP contribution in [0.4, 0.5) is 0 Å². The van der Waals surface area contributed by atoms with Gasteiger partial charge in [0.15, 0.2) is 0 Å². The van der Waals surface area contributed by atoms with Crippen molar-refractivity contribution < 1.29 is 8.42 Å². The molecule has 5 nitrogen and oxygen atoms in total. The Labute approximate surface area is 129 Å². The molecule has 0 aromatic carbocycles. The van der Waals surface area contributed by atoms with Crippen LogP contribution in [-0.2, 0) is 10.2 Å². The van der Waals surface area contributed by atoms with Crippen molar-refractivity contribution in [3.63, 3.8) is 0 Å². The molecule has 3 fully saturated rings. The maximum atomic E-state index is 13.1. The minimum atomic E-state index is -3.27. The fourth-order valence-electron chi connectivity index (χ4n) is 4.08. The van der Waals surface area contributed by atoms with E-state index in [1.165, 1.54) is 19.3 Å². The van der Waals surface area contributed by atoms with E-state index in [1.54, 1.807) is 4.31 Å². The molecule has 21 heavy (non-hydrogen) atoms. The molecule has 0 aromatic heterocycles. The fraction of sp³-hybridized carbons (Fsp3) is 1.00. The van der Waals surface area contributed by atoms with Gasteiger partial charge in [-0.05, 0) is 45.1 Å². The predicted octanol–water partition coefficient (Wildman–Crippen LogP) is 1.71. The van der Waals surface area contributed by atoms with Crippen molar-refractivity contribution in [2.75, 3.05) is 26.2 Å². The van der Waals surface area contributed by atoms with Crippen molar-refractivity contribution in [1.29, 1.82) is 0 Å². The normalized spacial score (nSPS) is 33.9. The van der Waals surface area contributed by atoms with Crippen LogP contribution in [0.25, 0.3) is 0 Å². The Morgan fingerprint density at radius 1 is 0.810 bits per heavy atom. The lowest BCUT2D eigenvalue weighted by Gasteiger charge is -2.40. The first kappa shape index (κ1) is 15.7. The van der Waals surface area contributed by atoms with Gasteiger partial charge >= 0.3 is 0 Å². The van der Waals surface area contributed by atoms with Crippen LogP contribution in [0.3, 0.4) is 0 Å². The molecule has 0 radical (unpaired) electrons. The summed E-state index contributed by atoms with van der Waals surface area (Å²) < 4.78 is 29.8. The Kier molecular flexibility index (Phi) is 5.19. The van der Waals surface area contributed by atoms with Crippen LogP contribution in [0.15, 0.2) is 0 Å². The van der Waals surface area contributed by atoms with Gasteiger partial charge in [0.25, 0.3) is 10.2 Å². The zero-order valence-corrected chi connectivity index (χ0v) is 13.8. The van der Waals surface area contributed by atoms with E-state index >= 15 is 0 Å². The summed E-state index contributed by atoms with van der Waals surface area (Å²) in [6.45, 7) is 3.17. The number of hydrogen-bond acceptors (Lipinski definition) is 3. The maximum absolute atomic E-state index is 13.1. The molecule has 0 amide bonds. The van der Waals surface area contributed by atoms with Crippen LogP contribution in [0.2, 0.25) is 0 Å². The molecule has 2 unspecified atom stereocenters. The number of nitrogens with one attached hydrogen (secondary N) is 1. The molecule has 0 aliphatic carbocycles. The van der Waals surface area contributed by atoms with Crippen LogP contribution in [0.1, 0.15) is 57.8 Å². The molecular formula is C15H29N3O2S. The van der Waals surface area contributed by atoms with Gasteiger partial charge < -0.3 is 5.32 Å². The van der Waals surface area contributed by atoms with Gasteiger partial charge in [0.05, 0.1) is 0 Å². The van der Waals surface area contributed by atoms with E-state index in [9.17, 15) is 8.42 Å². The van der Waals surface area contributed by atoms with Gasteiger partial charge in [0.2, 0.25) is 0 Å². The van der Waals surface area contributed by atoms with Gasteiger partial charge in [0, 0.05) is 31.7 Å². The third kappa shape index (κ3) is 3.44. The van der Waals surface area contributed by atoms with Gasteiger partial charge in [0.1, 0.15) is 0 Å². The number of rotatable bonds is 3. The largest absolute Gasteiger partial charge is 0.312 e. The Balaban J connectivity index is 1.77. The molecule has 3 saturated heterocycles. The summed E-state index contributed by atoms with van der Waals surface area (Å²) in [5.74, 6) is 0. The summed E-state index contributed by atoms with van der Waals surface area (Å²) in [5, 5.41) is 3.52. The van der Waals surface area contributed by atoms with E-state index in [0.717, 1.165) is 45.1 Å². The first-order valence-corrected chi connectivity index (χ1v) is 10.1. The predicted molar refractivity (Wildman–Crippen MR) is 84.3 cm³/mol. The SMILES string of the molecule is O=S(=O)(N1CCCCCC1)N1CCCCC1C1CCCN1. The summed E-state index contributed by atoms with van der Waals surface area (Å²) in [7, 11) is -3.27. The molecule has 0 spiro atoms. The van der Waals surface area contributed by atoms with Crippen molar-refractivity contribution in [1.82, 2.24) is 13.9 Å². The van der Waals surface area contributed by atoms with Gasteiger partial charge in [-0.2, -0.15) is 17.0 Å². The lowest BCUT2D eigenvalue weighted by Crippen LogP contribution is -2.56. The van der Waals surface area contributed by atoms with E-state index < -0.39 is 10.2 Å². The monoisotopic (exact) mass is 315 g/mol. The second-order valence-corrected chi connectivity index (χ2v) is 8.58. The van der Waals surface area contributed by atoms with Gasteiger partial charge in [-0.1, -0.05) is 19.3 Å². The molecule has 0 aromatic rings. The molecule has 3 aliphatic rings. The summed E-state index contributed by atoms with van der Waals surface area (Å²) in [5.41, 5.74) is 0. The first-order chi connectivity index (χ1) is 10.2. The molecule has 1 N–H and O–H groups in total. The fourth-order valence-corrected chi connectivity index (χ4v) is 6.05. The summed E-state index contributed by atoms with van der Waals surface area (Å²) in [6.07, 6.45) is 9.85. The minimum absolute atomic E-state index is 0.175. The van der Waals surface area contributed by atoms with E-state index in [4.69, 9.17) is 0 Å². The van der Waals surface area contributed by atoms with Crippen LogP contribution in [0.5, 0.6) is 0 Å². The molecule has 0 saturated carbocycles. The van der Waals surface area contributed by atoms with Crippen LogP contribution >= 0.6 is 0 Å². The van der Waals surface area contributed by atoms with Crippen LogP contribution in [-0.4, -0.2) is 55.3 Å². The highest BCUT2D eigenvalue weighted by molar-refractivity contribution is 7.86. The summed E-state index contributed by atoms with van der Waals surface area (Å²) in [4.78, 5) is 0. The zero-order chi connectivity index (χ0) is 14.7. The lowest BCUT2D eigenvalue weighted by atomic mass is 9.97. The molecule has 122 valence electrons. The van der Waals surface area contributed by atoms with Crippen LogP contribution < -0.4 is 5.32 Å². The first-order valence-electron chi connectivity index (χ1n) is 8.70. The number of piperidine rings is 1. The molecule has 3 rings (SSSR count). The number of hydrogen-bond donors (Lipinski definition) is 1. The van der Waals surface area contributed by atoms with Gasteiger partial charge in [-0.15, -0.1) is 0 Å². The zero-order valence-electron chi connectivity index (χ0n) is 13.0. The summed E-state index contributed by atoms with van der Waals surface area (Å²) >= 11 is 0. The topological polar surface area (TPSA) is 52.7 Å². The maximum Gasteiger partial charge on any atom is 0.282 e. The van der Waals surface area contributed by atoms with Gasteiger partial charge in [-0.3, -0.25) is 0 Å². The third-order valence-electron chi connectivity index (χ3n) is 5.25. The highest BCUT2D eigenvalue weighted by Gasteiger charge is 2.40. The van der Waals surface area contributed by atoms with E-state index in [2.05, 4.69) is 5.32 Å². The highest BCUT2D eigenvalue weighted by atomic mass is 32.2. The van der Waals surface area contributed by atoms with Crippen LogP contribution in [0, 0.1) is 0 Å². The Bertz CT molecular complexity index is 426. The average molecular weight is 315 g/mol. The standard InChI is InChI=1S/C15H29N3O2S/c19-21(20,17-11-4-1-2-5-12-17)18-13-6-3-9-15(18)14-8-7-10-16-14/h14-16H,1-13H2. The Hall–Kier alpha value is -0.170. The molecule has 0 bridgehead atoms. The molecular weight excluding hydrogens is 286 g/mol. The van der Waals surface area contributed by atoms with E-state index in [0.29, 0.717) is 25.7 Å². The quantitative estimate of drug-likeness (QED) is 0.863. The van der Waals surface area contributed by atoms with Crippen molar-refractivity contribution >= 4 is 10.2 Å². The Morgan fingerprint density at radius 2 is 1.52 bits per heavy atom. The smallest absolute Gasteiger partial charge is 0.282 e. The van der Waals surface area contributed by atoms with E-state index in [1.807, 2.05) is 4.31 Å². The summed E-state index contributed by atoms with van der Waals surface area (Å²) in [6, 6.07) is 0.543. The Morgan fingerprint density at radius 3 is 2.19 bits per heavy atom. The minimum Gasteiger partial charge on any atom is -0.312 e. The second kappa shape index (κ2) is 6.94. The van der Waals surface area contributed by atoms with Crippen molar-refractivity contribution in [3.8, 4) is 0 Å². The highest BCUT2D eigenvalue weighted by Crippen LogP contribution is 2.29. The molecule has 3 heterocycles. The number of nitrogens with zero attached hydrogens (tertiary/aromatic N) is 2. The lowest BCUT2D eigenvalue weighted by molar-refractivity contribution is 0.196. The average Bonchev–Trinajstić information content (AvgIpc) is 2.88. The van der Waals surface area contributed by atoms with Crippen molar-refractivity contribution in [3.05, 3.63) is 0 Å². The van der Waals surface area contributed by atoms with E-state index in [-0.39, 0.29) is 6.04 Å². The molecule has 6 heteroatoms. The second-order valence-electron chi connectivity index (χ2n) is 6.70. The third-order valence-corrected chi connectivity index (χ3v) is 7.31. The van der Waals surface area contributed by atoms with Gasteiger partial charge in [-0.25, -0.2) is 0 Å². The van der Waals surface area contributed by atoms with Crippen molar-refractivity contribution in [2.24, 2.45) is 0 Å². The molecule has 2 atom stereocenters. The van der Waals surface area contributed by atoms with Crippen molar-refractivity contribution in [2.45, 2.75) is 69.9 Å². The molecule has 3 aliphatic heterocycles.